The molecule has 0 fully saturated rings. The Hall–Kier alpha value is -3.75. The summed E-state index contributed by atoms with van der Waals surface area (Å²) >= 11 is 0. The average molecular weight is 367 g/mol. The first-order valence-corrected chi connectivity index (χ1v) is 8.11. The van der Waals surface area contributed by atoms with Crippen LogP contribution in [0.1, 0.15) is 5.76 Å². The first kappa shape index (κ1) is 16.7. The molecule has 0 spiro atoms. The van der Waals surface area contributed by atoms with E-state index in [1.165, 1.54) is 29.2 Å². The van der Waals surface area contributed by atoms with Gasteiger partial charge in [0, 0.05) is 5.56 Å². The third-order valence-corrected chi connectivity index (χ3v) is 3.96. The van der Waals surface area contributed by atoms with Crippen molar-refractivity contribution in [2.75, 3.05) is 0 Å². The van der Waals surface area contributed by atoms with E-state index < -0.39 is 5.56 Å². The largest absolute Gasteiger partial charge is 0.467 e. The SMILES string of the molecule is O=C(Cn1ncn2nc(-c3ccc(F)cc3)cc2c1=O)NCc1ccco1. The van der Waals surface area contributed by atoms with Crippen molar-refractivity contribution in [2.45, 2.75) is 13.1 Å². The highest BCUT2D eigenvalue weighted by Gasteiger charge is 2.12. The molecule has 27 heavy (non-hydrogen) atoms. The molecule has 0 bridgehead atoms. The Morgan fingerprint density at radius 3 is 2.78 bits per heavy atom. The molecule has 0 saturated carbocycles. The van der Waals surface area contributed by atoms with E-state index in [-0.39, 0.29) is 30.3 Å². The van der Waals surface area contributed by atoms with Crippen molar-refractivity contribution in [3.8, 4) is 11.3 Å². The highest BCUT2D eigenvalue weighted by atomic mass is 19.1. The molecule has 1 N–H and O–H groups in total. The van der Waals surface area contributed by atoms with Crippen LogP contribution in [0.25, 0.3) is 16.8 Å². The molecule has 0 unspecified atom stereocenters. The minimum atomic E-state index is -0.452. The number of rotatable bonds is 5. The van der Waals surface area contributed by atoms with Gasteiger partial charge >= 0.3 is 0 Å². The van der Waals surface area contributed by atoms with Gasteiger partial charge in [-0.2, -0.15) is 10.2 Å². The van der Waals surface area contributed by atoms with Gasteiger partial charge < -0.3 is 9.73 Å². The quantitative estimate of drug-likeness (QED) is 0.578. The van der Waals surface area contributed by atoms with Gasteiger partial charge in [0.2, 0.25) is 5.91 Å². The molecule has 1 aromatic carbocycles. The van der Waals surface area contributed by atoms with Gasteiger partial charge in [0.25, 0.3) is 5.56 Å². The number of furan rings is 1. The Morgan fingerprint density at radius 2 is 2.04 bits per heavy atom. The number of amides is 1. The number of nitrogens with one attached hydrogen (secondary N) is 1. The summed E-state index contributed by atoms with van der Waals surface area (Å²) in [4.78, 5) is 24.6. The normalized spacial score (nSPS) is 11.0. The van der Waals surface area contributed by atoms with Crippen LogP contribution in [0.2, 0.25) is 0 Å². The minimum Gasteiger partial charge on any atom is -0.467 e. The smallest absolute Gasteiger partial charge is 0.293 e. The fourth-order valence-electron chi connectivity index (χ4n) is 2.60. The van der Waals surface area contributed by atoms with E-state index >= 15 is 0 Å². The lowest BCUT2D eigenvalue weighted by Gasteiger charge is -2.05. The topological polar surface area (TPSA) is 94.4 Å². The van der Waals surface area contributed by atoms with Crippen LogP contribution in [0.4, 0.5) is 4.39 Å². The second-order valence-electron chi connectivity index (χ2n) is 5.82. The zero-order chi connectivity index (χ0) is 18.8. The molecule has 3 aromatic heterocycles. The Balaban J connectivity index is 1.55. The van der Waals surface area contributed by atoms with Crippen LogP contribution in [-0.2, 0) is 17.9 Å². The number of hydrogen-bond acceptors (Lipinski definition) is 5. The van der Waals surface area contributed by atoms with Crippen LogP contribution < -0.4 is 10.9 Å². The first-order chi connectivity index (χ1) is 13.1. The predicted molar refractivity (Wildman–Crippen MR) is 93.2 cm³/mol. The minimum absolute atomic E-state index is 0.226. The van der Waals surface area contributed by atoms with E-state index in [1.807, 2.05) is 0 Å². The summed E-state index contributed by atoms with van der Waals surface area (Å²) in [6.45, 7) is -0.00265. The van der Waals surface area contributed by atoms with E-state index in [0.29, 0.717) is 17.0 Å². The van der Waals surface area contributed by atoms with Gasteiger partial charge in [-0.25, -0.2) is 13.6 Å². The van der Waals surface area contributed by atoms with Crippen molar-refractivity contribution in [3.05, 3.63) is 77.0 Å². The molecule has 4 aromatic rings. The maximum Gasteiger partial charge on any atom is 0.293 e. The number of fused-ring (bicyclic) bond motifs is 1. The Labute approximate surface area is 151 Å². The number of hydrogen-bond donors (Lipinski definition) is 1. The fraction of sp³-hybridized carbons (Fsp3) is 0.111. The molecule has 9 heteroatoms. The van der Waals surface area contributed by atoms with Crippen molar-refractivity contribution < 1.29 is 13.6 Å². The summed E-state index contributed by atoms with van der Waals surface area (Å²) < 4.78 is 20.6. The molecule has 0 radical (unpaired) electrons. The lowest BCUT2D eigenvalue weighted by Crippen LogP contribution is -2.33. The van der Waals surface area contributed by atoms with Crippen molar-refractivity contribution in [2.24, 2.45) is 0 Å². The highest BCUT2D eigenvalue weighted by molar-refractivity contribution is 5.75. The molecule has 0 aliphatic rings. The summed E-state index contributed by atoms with van der Waals surface area (Å²) in [5.41, 5.74) is 0.992. The highest BCUT2D eigenvalue weighted by Crippen LogP contribution is 2.18. The molecule has 4 rings (SSSR count). The molecule has 8 nitrogen and oxygen atoms in total. The van der Waals surface area contributed by atoms with E-state index in [9.17, 15) is 14.0 Å². The molecular formula is C18H14FN5O3. The van der Waals surface area contributed by atoms with Crippen LogP contribution in [0.5, 0.6) is 0 Å². The molecule has 0 aliphatic heterocycles. The molecule has 3 heterocycles. The number of halogens is 1. The van der Waals surface area contributed by atoms with Crippen molar-refractivity contribution >= 4 is 11.4 Å². The second-order valence-corrected chi connectivity index (χ2v) is 5.82. The third kappa shape index (κ3) is 3.47. The van der Waals surface area contributed by atoms with Crippen molar-refractivity contribution in [3.63, 3.8) is 0 Å². The second kappa shape index (κ2) is 6.87. The van der Waals surface area contributed by atoms with Crippen molar-refractivity contribution in [1.29, 1.82) is 0 Å². The van der Waals surface area contributed by atoms with Gasteiger partial charge in [0.15, 0.2) is 0 Å². The van der Waals surface area contributed by atoms with Gasteiger partial charge in [-0.3, -0.25) is 9.59 Å². The number of benzene rings is 1. The fourth-order valence-corrected chi connectivity index (χ4v) is 2.60. The lowest BCUT2D eigenvalue weighted by molar-refractivity contribution is -0.122. The summed E-state index contributed by atoms with van der Waals surface area (Å²) in [6, 6.07) is 10.8. The summed E-state index contributed by atoms with van der Waals surface area (Å²) in [6.07, 6.45) is 2.86. The van der Waals surface area contributed by atoms with Gasteiger partial charge in [-0.05, 0) is 42.5 Å². The van der Waals surface area contributed by atoms with Crippen LogP contribution >= 0.6 is 0 Å². The number of aromatic nitrogens is 4. The zero-order valence-corrected chi connectivity index (χ0v) is 14.0. The number of carbonyl (C=O) groups is 1. The van der Waals surface area contributed by atoms with Gasteiger partial charge in [0.1, 0.15) is 30.0 Å². The summed E-state index contributed by atoms with van der Waals surface area (Å²) in [7, 11) is 0. The number of carbonyl (C=O) groups excluding carboxylic acids is 1. The van der Waals surface area contributed by atoms with E-state index in [4.69, 9.17) is 4.42 Å². The molecular weight excluding hydrogens is 353 g/mol. The maximum absolute atomic E-state index is 13.1. The Morgan fingerprint density at radius 1 is 1.22 bits per heavy atom. The monoisotopic (exact) mass is 367 g/mol. The van der Waals surface area contributed by atoms with E-state index in [1.54, 1.807) is 30.3 Å². The molecule has 1 amide bonds. The average Bonchev–Trinajstić information content (AvgIpc) is 3.33. The number of nitrogens with zero attached hydrogens (tertiary/aromatic N) is 4. The zero-order valence-electron chi connectivity index (χ0n) is 14.0. The Kier molecular flexibility index (Phi) is 4.25. The van der Waals surface area contributed by atoms with Gasteiger partial charge in [-0.15, -0.1) is 0 Å². The van der Waals surface area contributed by atoms with Crippen LogP contribution in [-0.4, -0.2) is 25.3 Å². The molecule has 136 valence electrons. The summed E-state index contributed by atoms with van der Waals surface area (Å²) in [5.74, 6) is -0.116. The Bertz CT molecular complexity index is 1150. The lowest BCUT2D eigenvalue weighted by atomic mass is 10.1. The molecule has 0 saturated heterocycles. The first-order valence-electron chi connectivity index (χ1n) is 8.11. The van der Waals surface area contributed by atoms with Crippen LogP contribution in [0.3, 0.4) is 0 Å². The van der Waals surface area contributed by atoms with Crippen LogP contribution in [0, 0.1) is 5.82 Å². The van der Waals surface area contributed by atoms with E-state index in [2.05, 4.69) is 15.5 Å². The molecule has 0 aliphatic carbocycles. The molecule has 0 atom stereocenters. The van der Waals surface area contributed by atoms with Crippen molar-refractivity contribution in [1.82, 2.24) is 24.7 Å². The third-order valence-electron chi connectivity index (χ3n) is 3.96. The van der Waals surface area contributed by atoms with E-state index in [0.717, 1.165) is 4.68 Å². The predicted octanol–water partition coefficient (Wildman–Crippen LogP) is 1.61. The standard InChI is InChI=1S/C18H14FN5O3/c19-13-5-3-12(4-6-13)15-8-16-18(26)23(21-11-24(16)22-15)10-17(25)20-9-14-2-1-7-27-14/h1-8,11H,9-10H2,(H,20,25). The van der Waals surface area contributed by atoms with Gasteiger partial charge in [0.05, 0.1) is 18.5 Å². The van der Waals surface area contributed by atoms with Crippen LogP contribution in [0.15, 0.2) is 64.3 Å². The maximum atomic E-state index is 13.1. The summed E-state index contributed by atoms with van der Waals surface area (Å²) in [5, 5.41) is 10.9. The van der Waals surface area contributed by atoms with Gasteiger partial charge in [-0.1, -0.05) is 0 Å².